The van der Waals surface area contributed by atoms with Crippen molar-refractivity contribution in [1.82, 2.24) is 0 Å². The number of nitrogens with one attached hydrogen (secondary N) is 1. The van der Waals surface area contributed by atoms with E-state index in [0.717, 1.165) is 11.3 Å². The molecule has 0 aromatic heterocycles. The van der Waals surface area contributed by atoms with Gasteiger partial charge in [-0.1, -0.05) is 17.7 Å². The Morgan fingerprint density at radius 2 is 1.50 bits per heavy atom. The largest absolute Gasteiger partial charge is 0.457 e. The van der Waals surface area contributed by atoms with E-state index in [0.29, 0.717) is 28.4 Å². The smallest absolute Gasteiger partial charge is 0.306 e. The van der Waals surface area contributed by atoms with E-state index in [-0.39, 0.29) is 31.1 Å². The van der Waals surface area contributed by atoms with Crippen molar-refractivity contribution in [3.05, 3.63) is 88.4 Å². The summed E-state index contributed by atoms with van der Waals surface area (Å²) in [5.74, 6) is 0.363. The number of esters is 1. The third-order valence-corrected chi connectivity index (χ3v) is 5.42. The summed E-state index contributed by atoms with van der Waals surface area (Å²) >= 11 is 5.79. The van der Waals surface area contributed by atoms with E-state index in [1.807, 2.05) is 32.0 Å². The van der Waals surface area contributed by atoms with Crippen molar-refractivity contribution in [2.45, 2.75) is 33.1 Å². The van der Waals surface area contributed by atoms with Gasteiger partial charge in [0.05, 0.1) is 0 Å². The summed E-state index contributed by atoms with van der Waals surface area (Å²) in [5, 5.41) is 3.31. The number of carbonyl (C=O) groups is 3. The summed E-state index contributed by atoms with van der Waals surface area (Å²) in [6.45, 7) is 3.73. The fourth-order valence-electron chi connectivity index (χ4n) is 3.07. The molecule has 0 aliphatic heterocycles. The molecule has 0 saturated heterocycles. The predicted molar refractivity (Wildman–Crippen MR) is 132 cm³/mol. The van der Waals surface area contributed by atoms with Crippen LogP contribution in [0, 0.1) is 13.8 Å². The molecule has 0 atom stereocenters. The van der Waals surface area contributed by atoms with Gasteiger partial charge in [-0.15, -0.1) is 0 Å². The predicted octanol–water partition coefficient (Wildman–Crippen LogP) is 6.28. The zero-order valence-corrected chi connectivity index (χ0v) is 19.9. The highest BCUT2D eigenvalue weighted by Crippen LogP contribution is 2.25. The van der Waals surface area contributed by atoms with Gasteiger partial charge in [0.2, 0.25) is 5.91 Å². The number of hydrogen-bond donors (Lipinski definition) is 1. The van der Waals surface area contributed by atoms with Crippen molar-refractivity contribution >= 4 is 34.9 Å². The lowest BCUT2D eigenvalue weighted by molar-refractivity contribution is -0.142. The van der Waals surface area contributed by atoms with Crippen LogP contribution < -0.4 is 10.1 Å². The Morgan fingerprint density at radius 1 is 0.824 bits per heavy atom. The minimum Gasteiger partial charge on any atom is -0.457 e. The summed E-state index contributed by atoms with van der Waals surface area (Å²) in [7, 11) is 0. The van der Waals surface area contributed by atoms with Crippen molar-refractivity contribution in [3.63, 3.8) is 0 Å². The fraction of sp³-hybridized carbons (Fsp3) is 0.222. The Bertz CT molecular complexity index is 1160. The van der Waals surface area contributed by atoms with Gasteiger partial charge in [-0.05, 0) is 92.1 Å². The van der Waals surface area contributed by atoms with E-state index in [4.69, 9.17) is 21.1 Å². The lowest BCUT2D eigenvalue weighted by Gasteiger charge is -2.09. The van der Waals surface area contributed by atoms with Crippen LogP contribution in [0.4, 0.5) is 5.69 Å². The Hall–Kier alpha value is -3.64. The van der Waals surface area contributed by atoms with Crippen LogP contribution >= 0.6 is 11.6 Å². The van der Waals surface area contributed by atoms with Crippen LogP contribution in [0.5, 0.6) is 11.5 Å². The molecular formula is C27H26ClNO5. The highest BCUT2D eigenvalue weighted by Gasteiger charge is 2.11. The molecule has 176 valence electrons. The van der Waals surface area contributed by atoms with Gasteiger partial charge in [0.1, 0.15) is 11.5 Å². The summed E-state index contributed by atoms with van der Waals surface area (Å²) < 4.78 is 10.8. The van der Waals surface area contributed by atoms with Gasteiger partial charge < -0.3 is 14.8 Å². The molecule has 0 fully saturated rings. The van der Waals surface area contributed by atoms with Gasteiger partial charge in [-0.25, -0.2) is 0 Å². The number of carbonyl (C=O) groups excluding carboxylic acids is 3. The van der Waals surface area contributed by atoms with Crippen LogP contribution in [0.1, 0.15) is 40.7 Å². The van der Waals surface area contributed by atoms with E-state index in [1.54, 1.807) is 48.5 Å². The molecule has 0 radical (unpaired) electrons. The highest BCUT2D eigenvalue weighted by molar-refractivity contribution is 6.30. The number of halogens is 1. The zero-order valence-electron chi connectivity index (χ0n) is 19.1. The van der Waals surface area contributed by atoms with Crippen molar-refractivity contribution < 1.29 is 23.9 Å². The minimum absolute atomic E-state index is 0.0457. The number of anilines is 1. The number of benzene rings is 3. The van der Waals surface area contributed by atoms with Gasteiger partial charge in [0.25, 0.3) is 0 Å². The van der Waals surface area contributed by atoms with Crippen LogP contribution in [0.3, 0.4) is 0 Å². The summed E-state index contributed by atoms with van der Waals surface area (Å²) in [4.78, 5) is 36.0. The molecule has 1 amide bonds. The number of aryl methyl sites for hydroxylation is 2. The summed E-state index contributed by atoms with van der Waals surface area (Å²) in [6, 6.07) is 19.3. The summed E-state index contributed by atoms with van der Waals surface area (Å²) in [6.07, 6.45) is 0.513. The molecule has 0 aliphatic carbocycles. The van der Waals surface area contributed by atoms with E-state index >= 15 is 0 Å². The van der Waals surface area contributed by atoms with Crippen molar-refractivity contribution in [2.24, 2.45) is 0 Å². The van der Waals surface area contributed by atoms with Gasteiger partial charge in [-0.2, -0.15) is 0 Å². The second-order valence-electron chi connectivity index (χ2n) is 7.86. The number of hydrogen-bond acceptors (Lipinski definition) is 5. The van der Waals surface area contributed by atoms with E-state index < -0.39 is 5.97 Å². The van der Waals surface area contributed by atoms with Crippen LogP contribution in [0.15, 0.2) is 66.7 Å². The quantitative estimate of drug-likeness (QED) is 0.273. The lowest BCUT2D eigenvalue weighted by atomic mass is 10.1. The fourth-order valence-corrected chi connectivity index (χ4v) is 3.20. The molecule has 0 aliphatic rings. The highest BCUT2D eigenvalue weighted by atomic mass is 35.5. The molecular weight excluding hydrogens is 454 g/mol. The van der Waals surface area contributed by atoms with Gasteiger partial charge in [0.15, 0.2) is 12.4 Å². The Kier molecular flexibility index (Phi) is 8.82. The standard InChI is InChI=1S/C27H26ClNO5/c1-18-6-13-24(16-19(18)2)34-23-14-11-22(12-15-23)29-26(31)4-3-5-27(32)33-17-25(30)20-7-9-21(28)10-8-20/h6-16H,3-5,17H2,1-2H3,(H,29,31). The van der Waals surface area contributed by atoms with Gasteiger partial charge >= 0.3 is 5.97 Å². The zero-order chi connectivity index (χ0) is 24.5. The van der Waals surface area contributed by atoms with Crippen LogP contribution in [0.25, 0.3) is 0 Å². The first-order valence-electron chi connectivity index (χ1n) is 10.9. The Morgan fingerprint density at radius 3 is 2.18 bits per heavy atom. The van der Waals surface area contributed by atoms with E-state index in [9.17, 15) is 14.4 Å². The molecule has 0 heterocycles. The normalized spacial score (nSPS) is 10.4. The monoisotopic (exact) mass is 479 g/mol. The molecule has 6 nitrogen and oxygen atoms in total. The Labute approximate surface area is 203 Å². The molecule has 1 N–H and O–H groups in total. The maximum atomic E-state index is 12.2. The van der Waals surface area contributed by atoms with Gasteiger partial charge in [0, 0.05) is 29.1 Å². The number of amides is 1. The number of rotatable bonds is 10. The number of ether oxygens (including phenoxy) is 2. The first kappa shape index (κ1) is 25.0. The molecule has 0 spiro atoms. The average molecular weight is 480 g/mol. The third-order valence-electron chi connectivity index (χ3n) is 5.17. The van der Waals surface area contributed by atoms with Crippen molar-refractivity contribution in [2.75, 3.05) is 11.9 Å². The third kappa shape index (κ3) is 7.74. The minimum atomic E-state index is -0.525. The second kappa shape index (κ2) is 12.0. The lowest BCUT2D eigenvalue weighted by Crippen LogP contribution is -2.15. The maximum absolute atomic E-state index is 12.2. The Balaban J connectivity index is 1.36. The molecule has 34 heavy (non-hydrogen) atoms. The number of Topliss-reactive ketones (excluding diaryl/α,β-unsaturated/α-hetero) is 1. The first-order chi connectivity index (χ1) is 16.3. The van der Waals surface area contributed by atoms with Crippen LogP contribution in [-0.2, 0) is 14.3 Å². The summed E-state index contributed by atoms with van der Waals surface area (Å²) in [5.41, 5.74) is 3.40. The molecule has 0 bridgehead atoms. The van der Waals surface area contributed by atoms with Crippen molar-refractivity contribution in [1.29, 1.82) is 0 Å². The molecule has 0 saturated carbocycles. The maximum Gasteiger partial charge on any atom is 0.306 e. The van der Waals surface area contributed by atoms with E-state index in [1.165, 1.54) is 5.56 Å². The number of ketones is 1. The molecule has 0 unspecified atom stereocenters. The molecule has 3 aromatic rings. The van der Waals surface area contributed by atoms with Crippen molar-refractivity contribution in [3.8, 4) is 11.5 Å². The molecule has 3 rings (SSSR count). The average Bonchev–Trinajstić information content (AvgIpc) is 2.81. The SMILES string of the molecule is Cc1ccc(Oc2ccc(NC(=O)CCCC(=O)OCC(=O)c3ccc(Cl)cc3)cc2)cc1C. The van der Waals surface area contributed by atoms with Gasteiger partial charge in [-0.3, -0.25) is 14.4 Å². The topological polar surface area (TPSA) is 81.7 Å². The van der Waals surface area contributed by atoms with Crippen LogP contribution in [0.2, 0.25) is 5.02 Å². The molecule has 3 aromatic carbocycles. The molecule has 7 heteroatoms. The van der Waals surface area contributed by atoms with E-state index in [2.05, 4.69) is 5.32 Å². The second-order valence-corrected chi connectivity index (χ2v) is 8.30. The first-order valence-corrected chi connectivity index (χ1v) is 11.3. The van der Waals surface area contributed by atoms with Crippen LogP contribution in [-0.4, -0.2) is 24.3 Å².